The standard InChI is InChI=1S/C17H18N4O3/c22-8-7-21-14-3-1-2-13(12(14)10-19-21)20-17(23)16-11-5-9-24-15(11)4-6-18-16/h4-6,9-10,13,22H,1-3,7-8H2,(H,20,23). The van der Waals surface area contributed by atoms with E-state index in [1.54, 1.807) is 30.8 Å². The monoisotopic (exact) mass is 326 g/mol. The van der Waals surface area contributed by atoms with Crippen molar-refractivity contribution in [3.8, 4) is 0 Å². The molecule has 0 aliphatic heterocycles. The molecule has 0 aromatic carbocycles. The van der Waals surface area contributed by atoms with Crippen LogP contribution >= 0.6 is 0 Å². The lowest BCUT2D eigenvalue weighted by molar-refractivity contribution is 0.0929. The van der Waals surface area contributed by atoms with Gasteiger partial charge in [0.1, 0.15) is 11.3 Å². The first-order chi connectivity index (χ1) is 11.8. The van der Waals surface area contributed by atoms with Gasteiger partial charge in [0.2, 0.25) is 0 Å². The molecule has 7 nitrogen and oxygen atoms in total. The van der Waals surface area contributed by atoms with Gasteiger partial charge in [0.25, 0.3) is 5.91 Å². The Hall–Kier alpha value is -2.67. The second-order valence-corrected chi connectivity index (χ2v) is 5.90. The zero-order chi connectivity index (χ0) is 16.5. The number of carbonyl (C=O) groups excluding carboxylic acids is 1. The molecule has 1 unspecified atom stereocenters. The third-order valence-electron chi connectivity index (χ3n) is 4.47. The van der Waals surface area contributed by atoms with Crippen LogP contribution in [0.3, 0.4) is 0 Å². The fraction of sp³-hybridized carbons (Fsp3) is 0.353. The molecule has 0 saturated heterocycles. The fourth-order valence-corrected chi connectivity index (χ4v) is 3.36. The maximum Gasteiger partial charge on any atom is 0.271 e. The van der Waals surface area contributed by atoms with E-state index in [1.807, 2.05) is 4.68 Å². The van der Waals surface area contributed by atoms with Crippen molar-refractivity contribution in [1.29, 1.82) is 0 Å². The molecule has 3 aromatic rings. The molecule has 0 spiro atoms. The minimum absolute atomic E-state index is 0.0531. The van der Waals surface area contributed by atoms with Gasteiger partial charge in [0, 0.05) is 17.5 Å². The molecule has 0 fully saturated rings. The Labute approximate surface area is 138 Å². The average molecular weight is 326 g/mol. The average Bonchev–Trinajstić information content (AvgIpc) is 3.22. The number of carbonyl (C=O) groups is 1. The topological polar surface area (TPSA) is 93.2 Å². The van der Waals surface area contributed by atoms with E-state index < -0.39 is 0 Å². The second-order valence-electron chi connectivity index (χ2n) is 5.90. The second kappa shape index (κ2) is 6.09. The van der Waals surface area contributed by atoms with Crippen LogP contribution in [0.1, 0.15) is 40.6 Å². The first-order valence-corrected chi connectivity index (χ1v) is 8.06. The summed E-state index contributed by atoms with van der Waals surface area (Å²) < 4.78 is 7.15. The van der Waals surface area contributed by atoms with Crippen molar-refractivity contribution in [2.75, 3.05) is 6.61 Å². The largest absolute Gasteiger partial charge is 0.464 e. The van der Waals surface area contributed by atoms with Gasteiger partial charge in [-0.3, -0.25) is 14.5 Å². The van der Waals surface area contributed by atoms with Crippen molar-refractivity contribution >= 4 is 16.9 Å². The van der Waals surface area contributed by atoms with Crippen LogP contribution in [0.4, 0.5) is 0 Å². The summed E-state index contributed by atoms with van der Waals surface area (Å²) in [5, 5.41) is 17.2. The lowest BCUT2D eigenvalue weighted by atomic mass is 9.92. The number of aromatic nitrogens is 3. The number of nitrogens with zero attached hydrogens (tertiary/aromatic N) is 3. The zero-order valence-corrected chi connectivity index (χ0v) is 13.1. The molecule has 0 radical (unpaired) electrons. The molecule has 124 valence electrons. The molecule has 1 aliphatic rings. The van der Waals surface area contributed by atoms with Crippen molar-refractivity contribution in [3.05, 3.63) is 47.7 Å². The van der Waals surface area contributed by atoms with Crippen LogP contribution in [0.2, 0.25) is 0 Å². The van der Waals surface area contributed by atoms with Gasteiger partial charge < -0.3 is 14.8 Å². The lowest BCUT2D eigenvalue weighted by Crippen LogP contribution is -2.31. The highest BCUT2D eigenvalue weighted by molar-refractivity contribution is 6.04. The van der Waals surface area contributed by atoms with E-state index in [1.165, 1.54) is 0 Å². The third-order valence-corrected chi connectivity index (χ3v) is 4.47. The Morgan fingerprint density at radius 1 is 1.46 bits per heavy atom. The van der Waals surface area contributed by atoms with Crippen molar-refractivity contribution < 1.29 is 14.3 Å². The fourth-order valence-electron chi connectivity index (χ4n) is 3.36. The SMILES string of the molecule is O=C(NC1CCCc2c1cnn2CCO)c1nccc2occc12. The third kappa shape index (κ3) is 2.46. The Kier molecular flexibility index (Phi) is 3.78. The minimum Gasteiger partial charge on any atom is -0.464 e. The van der Waals surface area contributed by atoms with E-state index in [-0.39, 0.29) is 18.6 Å². The molecule has 1 aliphatic carbocycles. The summed E-state index contributed by atoms with van der Waals surface area (Å²) in [6.45, 7) is 0.531. The van der Waals surface area contributed by atoms with Crippen LogP contribution in [0, 0.1) is 0 Å². The van der Waals surface area contributed by atoms with Gasteiger partial charge in [-0.2, -0.15) is 5.10 Å². The highest BCUT2D eigenvalue weighted by Gasteiger charge is 2.26. The summed E-state index contributed by atoms with van der Waals surface area (Å²) >= 11 is 0. The van der Waals surface area contributed by atoms with Crippen molar-refractivity contribution in [1.82, 2.24) is 20.1 Å². The van der Waals surface area contributed by atoms with Crippen LogP contribution in [-0.2, 0) is 13.0 Å². The number of aliphatic hydroxyl groups excluding tert-OH is 1. The first-order valence-electron chi connectivity index (χ1n) is 8.06. The molecule has 0 saturated carbocycles. The van der Waals surface area contributed by atoms with E-state index in [9.17, 15) is 4.79 Å². The van der Waals surface area contributed by atoms with Gasteiger partial charge in [0.15, 0.2) is 0 Å². The number of fused-ring (bicyclic) bond motifs is 2. The van der Waals surface area contributed by atoms with Crippen molar-refractivity contribution in [2.45, 2.75) is 31.8 Å². The molecular formula is C17H18N4O3. The molecule has 4 rings (SSSR count). The smallest absolute Gasteiger partial charge is 0.271 e. The number of hydrogen-bond donors (Lipinski definition) is 2. The number of furan rings is 1. The predicted octanol–water partition coefficient (Wildman–Crippen LogP) is 1.82. The summed E-state index contributed by atoms with van der Waals surface area (Å²) in [4.78, 5) is 16.9. The van der Waals surface area contributed by atoms with Crippen LogP contribution in [0.15, 0.2) is 35.2 Å². The molecule has 3 aromatic heterocycles. The molecule has 24 heavy (non-hydrogen) atoms. The normalized spacial score (nSPS) is 17.0. The van der Waals surface area contributed by atoms with Gasteiger partial charge in [-0.1, -0.05) is 0 Å². The van der Waals surface area contributed by atoms with Gasteiger partial charge in [-0.05, 0) is 31.4 Å². The summed E-state index contributed by atoms with van der Waals surface area (Å²) in [6.07, 6.45) is 7.68. The van der Waals surface area contributed by atoms with Gasteiger partial charge in [-0.15, -0.1) is 0 Å². The van der Waals surface area contributed by atoms with Gasteiger partial charge in [-0.25, -0.2) is 0 Å². The van der Waals surface area contributed by atoms with Crippen LogP contribution < -0.4 is 5.32 Å². The Morgan fingerprint density at radius 3 is 3.25 bits per heavy atom. The Balaban J connectivity index is 1.60. The highest BCUT2D eigenvalue weighted by atomic mass is 16.3. The maximum atomic E-state index is 12.7. The number of aliphatic hydroxyl groups is 1. The number of amides is 1. The van der Waals surface area contributed by atoms with Gasteiger partial charge >= 0.3 is 0 Å². The summed E-state index contributed by atoms with van der Waals surface area (Å²) in [5.74, 6) is -0.213. The first kappa shape index (κ1) is 14.9. The van der Waals surface area contributed by atoms with Gasteiger partial charge in [0.05, 0.1) is 37.0 Å². The number of hydrogen-bond acceptors (Lipinski definition) is 5. The molecule has 1 atom stereocenters. The summed E-state index contributed by atoms with van der Waals surface area (Å²) in [7, 11) is 0. The minimum atomic E-state index is -0.213. The molecule has 1 amide bonds. The van der Waals surface area contributed by atoms with Crippen molar-refractivity contribution in [3.63, 3.8) is 0 Å². The Morgan fingerprint density at radius 2 is 2.38 bits per heavy atom. The lowest BCUT2D eigenvalue weighted by Gasteiger charge is -2.24. The maximum absolute atomic E-state index is 12.7. The van der Waals surface area contributed by atoms with Crippen molar-refractivity contribution in [2.24, 2.45) is 0 Å². The zero-order valence-electron chi connectivity index (χ0n) is 13.1. The van der Waals surface area contributed by atoms with E-state index in [0.29, 0.717) is 23.2 Å². The summed E-state index contributed by atoms with van der Waals surface area (Å²) in [6, 6.07) is 3.41. The van der Waals surface area contributed by atoms with Crippen LogP contribution in [0.25, 0.3) is 11.0 Å². The Bertz CT molecular complexity index is 883. The molecule has 2 N–H and O–H groups in total. The van der Waals surface area contributed by atoms with E-state index in [2.05, 4.69) is 15.4 Å². The predicted molar refractivity (Wildman–Crippen MR) is 86.5 cm³/mol. The number of pyridine rings is 1. The molecule has 3 heterocycles. The van der Waals surface area contributed by atoms with Crippen LogP contribution in [0.5, 0.6) is 0 Å². The number of nitrogens with one attached hydrogen (secondary N) is 1. The van der Waals surface area contributed by atoms with E-state index in [4.69, 9.17) is 9.52 Å². The quantitative estimate of drug-likeness (QED) is 0.763. The molecular weight excluding hydrogens is 308 g/mol. The van der Waals surface area contributed by atoms with E-state index >= 15 is 0 Å². The molecule has 7 heteroatoms. The van der Waals surface area contributed by atoms with E-state index in [0.717, 1.165) is 30.5 Å². The highest BCUT2D eigenvalue weighted by Crippen LogP contribution is 2.30. The number of rotatable bonds is 4. The summed E-state index contributed by atoms with van der Waals surface area (Å²) in [5.41, 5.74) is 3.14. The van der Waals surface area contributed by atoms with Crippen LogP contribution in [-0.4, -0.2) is 32.4 Å². The molecule has 0 bridgehead atoms.